The van der Waals surface area contributed by atoms with Crippen molar-refractivity contribution >= 4 is 35.2 Å². The van der Waals surface area contributed by atoms with Crippen LogP contribution in [0.3, 0.4) is 0 Å². The lowest BCUT2D eigenvalue weighted by molar-refractivity contribution is 0.278. The average molecular weight is 361 g/mol. The Bertz CT molecular complexity index is 958. The van der Waals surface area contributed by atoms with Gasteiger partial charge in [-0.1, -0.05) is 18.2 Å². The standard InChI is InChI=1S/C20H23N7/c1-13(27-12-24-17-18(21)22-11-23-20(17)27)15-10-14-6-2-3-7-16(14)25-19(15)26-8-4-5-9-26/h2-3,6-7,10-13,17,20H,4-5,8-9H2,1H3,(H2,21,22,23). The Labute approximate surface area is 158 Å². The van der Waals surface area contributed by atoms with Gasteiger partial charge in [-0.2, -0.15) is 0 Å². The maximum atomic E-state index is 6.02. The third-order valence-electron chi connectivity index (χ3n) is 5.71. The Balaban J connectivity index is 1.57. The molecule has 7 nitrogen and oxygen atoms in total. The second-order valence-corrected chi connectivity index (χ2v) is 7.35. The van der Waals surface area contributed by atoms with Crippen molar-refractivity contribution in [2.75, 3.05) is 18.0 Å². The first-order valence-corrected chi connectivity index (χ1v) is 9.52. The minimum absolute atomic E-state index is 0.0829. The highest BCUT2D eigenvalue weighted by Crippen LogP contribution is 2.36. The van der Waals surface area contributed by atoms with E-state index in [2.05, 4.69) is 56.0 Å². The number of fused-ring (bicyclic) bond motifs is 2. The topological polar surface area (TPSA) is 82.5 Å². The number of aromatic nitrogens is 1. The van der Waals surface area contributed by atoms with Crippen LogP contribution in [0.5, 0.6) is 0 Å². The maximum Gasteiger partial charge on any atom is 0.154 e. The number of para-hydroxylation sites is 1. The third kappa shape index (κ3) is 2.65. The zero-order valence-electron chi connectivity index (χ0n) is 15.4. The molecule has 4 heterocycles. The quantitative estimate of drug-likeness (QED) is 0.910. The van der Waals surface area contributed by atoms with E-state index in [1.807, 2.05) is 12.4 Å². The van der Waals surface area contributed by atoms with E-state index in [0.29, 0.717) is 5.84 Å². The summed E-state index contributed by atoms with van der Waals surface area (Å²) in [6, 6.07) is 10.5. The van der Waals surface area contributed by atoms with Gasteiger partial charge in [0.05, 0.1) is 17.9 Å². The molecule has 1 aromatic heterocycles. The number of anilines is 1. The minimum atomic E-state index is -0.193. The molecule has 1 aromatic carbocycles. The molecule has 3 atom stereocenters. The fraction of sp³-hybridized carbons (Fsp3) is 0.400. The monoisotopic (exact) mass is 361 g/mol. The molecular formula is C20H23N7. The first kappa shape index (κ1) is 16.2. The predicted molar refractivity (Wildman–Crippen MR) is 110 cm³/mol. The highest BCUT2D eigenvalue weighted by atomic mass is 15.4. The molecule has 0 spiro atoms. The number of rotatable bonds is 3. The van der Waals surface area contributed by atoms with Crippen molar-refractivity contribution < 1.29 is 0 Å². The average Bonchev–Trinajstić information content (AvgIpc) is 3.37. The summed E-state index contributed by atoms with van der Waals surface area (Å²) in [5.74, 6) is 1.61. The Hall–Kier alpha value is -2.96. The Kier molecular flexibility index (Phi) is 3.81. The molecule has 138 valence electrons. The normalized spacial score (nSPS) is 25.1. The molecule has 7 heteroatoms. The molecule has 27 heavy (non-hydrogen) atoms. The van der Waals surface area contributed by atoms with Crippen molar-refractivity contribution in [1.29, 1.82) is 0 Å². The smallest absolute Gasteiger partial charge is 0.154 e. The predicted octanol–water partition coefficient (Wildman–Crippen LogP) is 2.33. The fourth-order valence-corrected chi connectivity index (χ4v) is 4.19. The van der Waals surface area contributed by atoms with Crippen molar-refractivity contribution in [2.24, 2.45) is 20.7 Å². The van der Waals surface area contributed by atoms with Crippen molar-refractivity contribution in [3.63, 3.8) is 0 Å². The fourth-order valence-electron chi connectivity index (χ4n) is 4.19. The van der Waals surface area contributed by atoms with Gasteiger partial charge in [-0.05, 0) is 31.9 Å². The van der Waals surface area contributed by atoms with Crippen LogP contribution in [0.25, 0.3) is 10.9 Å². The van der Waals surface area contributed by atoms with Gasteiger partial charge < -0.3 is 15.5 Å². The van der Waals surface area contributed by atoms with Gasteiger partial charge in [0.2, 0.25) is 0 Å². The molecule has 2 aromatic rings. The lowest BCUT2D eigenvalue weighted by Crippen LogP contribution is -2.44. The number of hydrogen-bond acceptors (Lipinski definition) is 7. The molecule has 3 aliphatic heterocycles. The summed E-state index contributed by atoms with van der Waals surface area (Å²) in [4.78, 5) is 22.8. The van der Waals surface area contributed by atoms with Gasteiger partial charge in [-0.25, -0.2) is 15.0 Å². The zero-order valence-corrected chi connectivity index (χ0v) is 15.4. The Morgan fingerprint density at radius 2 is 1.96 bits per heavy atom. The highest BCUT2D eigenvalue weighted by molar-refractivity contribution is 5.96. The van der Waals surface area contributed by atoms with Gasteiger partial charge in [-0.15, -0.1) is 0 Å². The number of aliphatic imine (C=N–C) groups is 3. The number of nitrogens with zero attached hydrogens (tertiary/aromatic N) is 6. The molecule has 0 radical (unpaired) electrons. The molecule has 3 unspecified atom stereocenters. The van der Waals surface area contributed by atoms with Crippen LogP contribution in [0.4, 0.5) is 5.82 Å². The van der Waals surface area contributed by atoms with Gasteiger partial charge in [0.15, 0.2) is 6.17 Å². The summed E-state index contributed by atoms with van der Waals surface area (Å²) in [7, 11) is 0. The Morgan fingerprint density at radius 1 is 1.15 bits per heavy atom. The second kappa shape index (κ2) is 6.33. The van der Waals surface area contributed by atoms with Crippen LogP contribution in [0.2, 0.25) is 0 Å². The van der Waals surface area contributed by atoms with E-state index in [0.717, 1.165) is 29.8 Å². The van der Waals surface area contributed by atoms with Gasteiger partial charge in [0, 0.05) is 24.0 Å². The number of pyridine rings is 1. The SMILES string of the molecule is CC(c1cc2ccccc2nc1N1CCCC1)N1C=NC2C(N)=NC=NC21. The first-order chi connectivity index (χ1) is 13.2. The lowest BCUT2D eigenvalue weighted by Gasteiger charge is -2.33. The number of benzene rings is 1. The summed E-state index contributed by atoms with van der Waals surface area (Å²) >= 11 is 0. The van der Waals surface area contributed by atoms with Crippen LogP contribution >= 0.6 is 0 Å². The largest absolute Gasteiger partial charge is 0.385 e. The van der Waals surface area contributed by atoms with Crippen LogP contribution in [-0.4, -0.2) is 53.7 Å². The summed E-state index contributed by atoms with van der Waals surface area (Å²) in [5.41, 5.74) is 8.27. The van der Waals surface area contributed by atoms with E-state index in [1.165, 1.54) is 18.4 Å². The van der Waals surface area contributed by atoms with E-state index in [4.69, 9.17) is 10.7 Å². The van der Waals surface area contributed by atoms with Crippen molar-refractivity contribution in [3.8, 4) is 0 Å². The molecule has 5 rings (SSSR count). The van der Waals surface area contributed by atoms with Gasteiger partial charge >= 0.3 is 0 Å². The number of nitrogens with two attached hydrogens (primary N) is 1. The molecule has 0 saturated carbocycles. The van der Waals surface area contributed by atoms with Gasteiger partial charge in [0.25, 0.3) is 0 Å². The van der Waals surface area contributed by atoms with E-state index in [9.17, 15) is 0 Å². The van der Waals surface area contributed by atoms with E-state index in [-0.39, 0.29) is 18.2 Å². The zero-order chi connectivity index (χ0) is 18.4. The molecule has 0 amide bonds. The van der Waals surface area contributed by atoms with Crippen LogP contribution in [0, 0.1) is 0 Å². The summed E-state index contributed by atoms with van der Waals surface area (Å²) in [5, 5.41) is 1.16. The molecular weight excluding hydrogens is 338 g/mol. The third-order valence-corrected chi connectivity index (χ3v) is 5.71. The summed E-state index contributed by atoms with van der Waals surface area (Å²) in [6.07, 6.45) is 5.72. The van der Waals surface area contributed by atoms with E-state index in [1.54, 1.807) is 6.34 Å². The highest BCUT2D eigenvalue weighted by Gasteiger charge is 2.38. The lowest BCUT2D eigenvalue weighted by atomic mass is 10.0. The van der Waals surface area contributed by atoms with Crippen molar-refractivity contribution in [1.82, 2.24) is 9.88 Å². The van der Waals surface area contributed by atoms with Crippen LogP contribution in [0.15, 0.2) is 45.3 Å². The molecule has 2 N–H and O–H groups in total. The maximum absolute atomic E-state index is 6.02. The molecule has 1 fully saturated rings. The van der Waals surface area contributed by atoms with E-state index < -0.39 is 0 Å². The molecule has 3 aliphatic rings. The summed E-state index contributed by atoms with van der Waals surface area (Å²) in [6.45, 7) is 4.31. The van der Waals surface area contributed by atoms with Crippen LogP contribution < -0.4 is 10.6 Å². The molecule has 0 bridgehead atoms. The van der Waals surface area contributed by atoms with Gasteiger partial charge in [-0.3, -0.25) is 4.99 Å². The van der Waals surface area contributed by atoms with Crippen molar-refractivity contribution in [3.05, 3.63) is 35.9 Å². The number of hydrogen-bond donors (Lipinski definition) is 1. The summed E-state index contributed by atoms with van der Waals surface area (Å²) < 4.78 is 0. The minimum Gasteiger partial charge on any atom is -0.385 e. The number of amidine groups is 1. The molecule has 0 aliphatic carbocycles. The van der Waals surface area contributed by atoms with Crippen molar-refractivity contribution in [2.45, 2.75) is 38.0 Å². The molecule has 1 saturated heterocycles. The van der Waals surface area contributed by atoms with E-state index >= 15 is 0 Å². The Morgan fingerprint density at radius 3 is 2.81 bits per heavy atom. The first-order valence-electron chi connectivity index (χ1n) is 9.52. The van der Waals surface area contributed by atoms with Crippen LogP contribution in [0.1, 0.15) is 31.4 Å². The van der Waals surface area contributed by atoms with Gasteiger partial charge in [0.1, 0.15) is 24.0 Å². The second-order valence-electron chi connectivity index (χ2n) is 7.35. The van der Waals surface area contributed by atoms with Crippen LogP contribution in [-0.2, 0) is 0 Å².